The van der Waals surface area contributed by atoms with Crippen molar-refractivity contribution in [3.63, 3.8) is 0 Å². The van der Waals surface area contributed by atoms with Crippen LogP contribution in [0, 0.1) is 17.2 Å². The Morgan fingerprint density at radius 3 is 2.67 bits per heavy atom. The van der Waals surface area contributed by atoms with Crippen molar-refractivity contribution in [3.05, 3.63) is 12.7 Å². The number of nitriles is 1. The van der Waals surface area contributed by atoms with Gasteiger partial charge in [-0.15, -0.1) is 6.58 Å². The van der Waals surface area contributed by atoms with E-state index in [2.05, 4.69) is 11.9 Å². The normalized spacial score (nSPS) is 11.4. The van der Waals surface area contributed by atoms with E-state index in [4.69, 9.17) is 10.00 Å². The minimum Gasteiger partial charge on any atom is -0.449 e. The van der Waals surface area contributed by atoms with Crippen LogP contribution in [0.2, 0.25) is 0 Å². The molecule has 100 valence electrons. The van der Waals surface area contributed by atoms with E-state index < -0.39 is 12.0 Å². The Balaban J connectivity index is 4.38. The van der Waals surface area contributed by atoms with Crippen LogP contribution in [0.4, 0.5) is 0 Å². The molecule has 5 heteroatoms. The lowest BCUT2D eigenvalue weighted by molar-refractivity contribution is -0.147. The van der Waals surface area contributed by atoms with Gasteiger partial charge in [0.05, 0.1) is 0 Å². The van der Waals surface area contributed by atoms with Crippen molar-refractivity contribution in [1.29, 1.82) is 5.26 Å². The highest BCUT2D eigenvalue weighted by atomic mass is 16.5. The van der Waals surface area contributed by atoms with Crippen molar-refractivity contribution in [1.82, 2.24) is 5.32 Å². The van der Waals surface area contributed by atoms with Gasteiger partial charge in [-0.1, -0.05) is 19.9 Å². The molecule has 0 fully saturated rings. The number of hydrogen-bond donors (Lipinski definition) is 1. The number of esters is 1. The van der Waals surface area contributed by atoms with Crippen molar-refractivity contribution in [3.8, 4) is 6.07 Å². The summed E-state index contributed by atoms with van der Waals surface area (Å²) in [6.07, 6.45) is 2.99. The van der Waals surface area contributed by atoms with Crippen LogP contribution in [0.5, 0.6) is 0 Å². The Morgan fingerprint density at radius 2 is 2.17 bits per heavy atom. The summed E-state index contributed by atoms with van der Waals surface area (Å²) in [6, 6.07) is 1.04. The zero-order chi connectivity index (χ0) is 14.0. The molecule has 0 aliphatic rings. The van der Waals surface area contributed by atoms with Gasteiger partial charge in [-0.3, -0.25) is 4.79 Å². The van der Waals surface area contributed by atoms with Crippen LogP contribution in [-0.2, 0) is 14.3 Å². The van der Waals surface area contributed by atoms with Crippen LogP contribution in [0.3, 0.4) is 0 Å². The molecule has 0 aliphatic carbocycles. The number of carbonyl (C=O) groups is 2. The molecule has 5 nitrogen and oxygen atoms in total. The average molecular weight is 252 g/mol. The predicted molar refractivity (Wildman–Crippen MR) is 67.4 cm³/mol. The van der Waals surface area contributed by atoms with Crippen LogP contribution in [0.15, 0.2) is 12.7 Å². The second kappa shape index (κ2) is 9.23. The molecule has 0 saturated carbocycles. The van der Waals surface area contributed by atoms with Crippen molar-refractivity contribution >= 4 is 11.9 Å². The summed E-state index contributed by atoms with van der Waals surface area (Å²) in [4.78, 5) is 23.2. The number of nitrogens with zero attached hydrogens (tertiary/aromatic N) is 1. The summed E-state index contributed by atoms with van der Waals surface area (Å²) >= 11 is 0. The number of carbonyl (C=O) groups excluding carboxylic acids is 2. The van der Waals surface area contributed by atoms with E-state index in [1.54, 1.807) is 12.1 Å². The zero-order valence-electron chi connectivity index (χ0n) is 10.9. The van der Waals surface area contributed by atoms with Crippen LogP contribution < -0.4 is 5.32 Å². The summed E-state index contributed by atoms with van der Waals surface area (Å²) in [5, 5.41) is 11.0. The molecular formula is C13H20N2O3. The smallest absolute Gasteiger partial charge is 0.329 e. The molecule has 18 heavy (non-hydrogen) atoms. The number of nitrogens with one attached hydrogen (secondary N) is 1. The van der Waals surface area contributed by atoms with Crippen molar-refractivity contribution in [2.24, 2.45) is 5.92 Å². The topological polar surface area (TPSA) is 79.2 Å². The second-order valence-electron chi connectivity index (χ2n) is 4.34. The molecule has 0 aromatic heterocycles. The van der Waals surface area contributed by atoms with Gasteiger partial charge in [0.25, 0.3) is 0 Å². The van der Waals surface area contributed by atoms with Crippen molar-refractivity contribution in [2.45, 2.75) is 39.2 Å². The van der Waals surface area contributed by atoms with Crippen LogP contribution in [-0.4, -0.2) is 24.5 Å². The molecule has 1 unspecified atom stereocenters. The average Bonchev–Trinajstić information content (AvgIpc) is 2.32. The second-order valence-corrected chi connectivity index (χ2v) is 4.34. The van der Waals surface area contributed by atoms with Gasteiger partial charge in [0.1, 0.15) is 12.1 Å². The van der Waals surface area contributed by atoms with E-state index in [1.807, 2.05) is 13.8 Å². The number of amides is 1. The summed E-state index contributed by atoms with van der Waals surface area (Å²) in [5.74, 6) is -0.531. The Morgan fingerprint density at radius 1 is 1.50 bits per heavy atom. The molecule has 0 heterocycles. The molecule has 0 aliphatic heterocycles. The Hall–Kier alpha value is -1.83. The number of ether oxygens (including phenoxy) is 1. The molecule has 1 amide bonds. The number of hydrogen-bond acceptors (Lipinski definition) is 4. The SMILES string of the molecule is C=CCCC(=O)NC(CC(C)C)C(=O)OCC#N. The van der Waals surface area contributed by atoms with E-state index in [0.29, 0.717) is 19.3 Å². The van der Waals surface area contributed by atoms with Crippen LogP contribution in [0.1, 0.15) is 33.1 Å². The molecule has 0 rings (SSSR count). The van der Waals surface area contributed by atoms with Gasteiger partial charge in [-0.25, -0.2) is 4.79 Å². The van der Waals surface area contributed by atoms with E-state index in [9.17, 15) is 9.59 Å². The number of rotatable bonds is 8. The minimum absolute atomic E-state index is 0.213. The highest BCUT2D eigenvalue weighted by Crippen LogP contribution is 2.07. The van der Waals surface area contributed by atoms with E-state index in [1.165, 1.54) is 0 Å². The lowest BCUT2D eigenvalue weighted by Gasteiger charge is -2.18. The van der Waals surface area contributed by atoms with Gasteiger partial charge in [0.2, 0.25) is 5.91 Å². The maximum atomic E-state index is 11.6. The molecule has 1 atom stereocenters. The van der Waals surface area contributed by atoms with E-state index in [-0.39, 0.29) is 18.4 Å². The first-order chi connectivity index (χ1) is 8.51. The fraction of sp³-hybridized carbons (Fsp3) is 0.615. The van der Waals surface area contributed by atoms with Gasteiger partial charge >= 0.3 is 5.97 Å². The maximum absolute atomic E-state index is 11.6. The molecule has 0 aromatic rings. The highest BCUT2D eigenvalue weighted by molar-refractivity contribution is 5.84. The van der Waals surface area contributed by atoms with Crippen LogP contribution >= 0.6 is 0 Å². The fourth-order valence-electron chi connectivity index (χ4n) is 1.39. The molecule has 1 N–H and O–H groups in total. The lowest BCUT2D eigenvalue weighted by Crippen LogP contribution is -2.42. The first-order valence-corrected chi connectivity index (χ1v) is 5.95. The van der Waals surface area contributed by atoms with Crippen molar-refractivity contribution < 1.29 is 14.3 Å². The summed E-state index contributed by atoms with van der Waals surface area (Å²) in [6.45, 7) is 7.12. The van der Waals surface area contributed by atoms with Gasteiger partial charge in [0, 0.05) is 6.42 Å². The predicted octanol–water partition coefficient (Wildman–Crippen LogP) is 1.55. The first kappa shape index (κ1) is 16.2. The fourth-order valence-corrected chi connectivity index (χ4v) is 1.39. The van der Waals surface area contributed by atoms with Gasteiger partial charge in [-0.2, -0.15) is 5.26 Å². The molecule has 0 bridgehead atoms. The standard InChI is InChI=1S/C13H20N2O3/c1-4-5-6-12(16)15-11(9-10(2)3)13(17)18-8-7-14/h4,10-11H,1,5-6,8-9H2,2-3H3,(H,15,16). The maximum Gasteiger partial charge on any atom is 0.329 e. The largest absolute Gasteiger partial charge is 0.449 e. The van der Waals surface area contributed by atoms with Gasteiger partial charge in [0.15, 0.2) is 6.61 Å². The van der Waals surface area contributed by atoms with E-state index in [0.717, 1.165) is 0 Å². The Kier molecular flexibility index (Phi) is 8.29. The minimum atomic E-state index is -0.685. The molecule has 0 radical (unpaired) electrons. The third-order valence-corrected chi connectivity index (χ3v) is 2.18. The summed E-state index contributed by atoms with van der Waals surface area (Å²) in [5.41, 5.74) is 0. The molecular weight excluding hydrogens is 232 g/mol. The Labute approximate surface area is 108 Å². The van der Waals surface area contributed by atoms with Crippen molar-refractivity contribution in [2.75, 3.05) is 6.61 Å². The molecule has 0 aromatic carbocycles. The zero-order valence-corrected chi connectivity index (χ0v) is 10.9. The first-order valence-electron chi connectivity index (χ1n) is 5.95. The third kappa shape index (κ3) is 7.44. The lowest BCUT2D eigenvalue weighted by atomic mass is 10.0. The van der Waals surface area contributed by atoms with Gasteiger partial charge < -0.3 is 10.1 Å². The molecule has 0 saturated heterocycles. The van der Waals surface area contributed by atoms with Crippen LogP contribution in [0.25, 0.3) is 0 Å². The Bertz CT molecular complexity index is 332. The highest BCUT2D eigenvalue weighted by Gasteiger charge is 2.22. The monoisotopic (exact) mass is 252 g/mol. The quantitative estimate of drug-likeness (QED) is 0.525. The van der Waals surface area contributed by atoms with Gasteiger partial charge in [-0.05, 0) is 18.8 Å². The number of allylic oxidation sites excluding steroid dienone is 1. The summed E-state index contributed by atoms with van der Waals surface area (Å²) in [7, 11) is 0. The molecule has 0 spiro atoms. The summed E-state index contributed by atoms with van der Waals surface area (Å²) < 4.78 is 4.72. The van der Waals surface area contributed by atoms with E-state index >= 15 is 0 Å². The third-order valence-electron chi connectivity index (χ3n) is 2.18.